The summed E-state index contributed by atoms with van der Waals surface area (Å²) in [6.45, 7) is 0.115. The summed E-state index contributed by atoms with van der Waals surface area (Å²) in [4.78, 5) is 15.9. The van der Waals surface area contributed by atoms with Crippen molar-refractivity contribution < 1.29 is 4.79 Å². The summed E-state index contributed by atoms with van der Waals surface area (Å²) in [6, 6.07) is 5.48. The van der Waals surface area contributed by atoms with Gasteiger partial charge in [-0.1, -0.05) is 6.07 Å². The summed E-state index contributed by atoms with van der Waals surface area (Å²) in [7, 11) is 0. The van der Waals surface area contributed by atoms with Gasteiger partial charge in [-0.05, 0) is 12.1 Å². The second kappa shape index (κ2) is 5.17. The van der Waals surface area contributed by atoms with Crippen molar-refractivity contribution in [1.82, 2.24) is 23.5 Å². The van der Waals surface area contributed by atoms with Gasteiger partial charge < -0.3 is 5.32 Å². The van der Waals surface area contributed by atoms with Crippen LogP contribution in [-0.2, 0) is 11.3 Å². The number of fused-ring (bicyclic) bond motifs is 1. The minimum atomic E-state index is -0.179. The predicted molar refractivity (Wildman–Crippen MR) is 78.8 cm³/mol. The number of benzene rings is 1. The molecule has 96 valence electrons. The van der Waals surface area contributed by atoms with E-state index < -0.39 is 0 Å². The smallest absolute Gasteiger partial charge is 0.246 e. The molecule has 2 aromatic heterocycles. The normalized spacial score (nSPS) is 10.8. The van der Waals surface area contributed by atoms with Gasteiger partial charge in [-0.15, -0.1) is 5.10 Å². The minimum absolute atomic E-state index is 0.115. The van der Waals surface area contributed by atoms with Crippen molar-refractivity contribution in [1.29, 1.82) is 0 Å². The maximum absolute atomic E-state index is 11.9. The molecular formula is C10H7IN6OS. The van der Waals surface area contributed by atoms with Gasteiger partial charge in [0.25, 0.3) is 0 Å². The lowest BCUT2D eigenvalue weighted by atomic mass is 10.2. The van der Waals surface area contributed by atoms with Crippen LogP contribution in [0.2, 0.25) is 0 Å². The van der Waals surface area contributed by atoms with Crippen molar-refractivity contribution >= 4 is 56.9 Å². The Balaban J connectivity index is 1.77. The van der Waals surface area contributed by atoms with Crippen LogP contribution in [-0.4, -0.2) is 29.4 Å². The van der Waals surface area contributed by atoms with E-state index in [1.165, 1.54) is 11.0 Å². The zero-order valence-corrected chi connectivity index (χ0v) is 12.4. The molecule has 3 rings (SSSR count). The third-order valence-electron chi connectivity index (χ3n) is 2.37. The van der Waals surface area contributed by atoms with Crippen molar-refractivity contribution in [3.63, 3.8) is 0 Å². The third-order valence-corrected chi connectivity index (χ3v) is 3.41. The van der Waals surface area contributed by atoms with E-state index in [9.17, 15) is 4.79 Å². The Morgan fingerprint density at radius 1 is 1.42 bits per heavy atom. The summed E-state index contributed by atoms with van der Waals surface area (Å²) in [5.74, 6) is -0.179. The molecule has 19 heavy (non-hydrogen) atoms. The highest BCUT2D eigenvalue weighted by Gasteiger charge is 2.09. The highest BCUT2D eigenvalue weighted by molar-refractivity contribution is 14.1. The quantitative estimate of drug-likeness (QED) is 0.690. The first-order valence-electron chi connectivity index (χ1n) is 5.28. The molecule has 1 aromatic carbocycles. The third kappa shape index (κ3) is 2.71. The molecule has 7 nitrogen and oxygen atoms in total. The average Bonchev–Trinajstić information content (AvgIpc) is 2.98. The van der Waals surface area contributed by atoms with Gasteiger partial charge in [0.05, 0.1) is 17.4 Å². The number of nitrogens with one attached hydrogen (secondary N) is 1. The molecule has 0 aliphatic heterocycles. The largest absolute Gasteiger partial charge is 0.322 e. The molecule has 0 unspecified atom stereocenters. The molecule has 1 amide bonds. The van der Waals surface area contributed by atoms with Gasteiger partial charge in [-0.2, -0.15) is 8.75 Å². The Hall–Kier alpha value is -1.62. The first-order chi connectivity index (χ1) is 9.22. The molecule has 0 spiro atoms. The number of amides is 1. The van der Waals surface area contributed by atoms with Gasteiger partial charge in [0.15, 0.2) is 0 Å². The Kier molecular flexibility index (Phi) is 3.38. The number of rotatable bonds is 3. The van der Waals surface area contributed by atoms with Crippen molar-refractivity contribution in [3.8, 4) is 0 Å². The maximum Gasteiger partial charge on any atom is 0.246 e. The fourth-order valence-electron chi connectivity index (χ4n) is 1.59. The summed E-state index contributed by atoms with van der Waals surface area (Å²) >= 11 is 3.11. The van der Waals surface area contributed by atoms with Crippen LogP contribution in [0.4, 0.5) is 5.69 Å². The lowest BCUT2D eigenvalue weighted by molar-refractivity contribution is -0.116. The number of anilines is 1. The summed E-state index contributed by atoms with van der Waals surface area (Å²) in [5, 5.41) is 6.85. The molecule has 0 fully saturated rings. The molecule has 3 aromatic rings. The fourth-order valence-corrected chi connectivity index (χ4v) is 2.54. The molecule has 0 saturated heterocycles. The second-order valence-corrected chi connectivity index (χ2v) is 5.19. The van der Waals surface area contributed by atoms with Crippen LogP contribution in [0, 0.1) is 3.83 Å². The SMILES string of the molecule is O=C(Cn1cnc(I)n1)Nc1cccc2nsnc12. The van der Waals surface area contributed by atoms with Crippen LogP contribution < -0.4 is 5.32 Å². The van der Waals surface area contributed by atoms with E-state index in [0.717, 1.165) is 17.2 Å². The van der Waals surface area contributed by atoms with E-state index in [2.05, 4.69) is 24.1 Å². The fraction of sp³-hybridized carbons (Fsp3) is 0.100. The highest BCUT2D eigenvalue weighted by Crippen LogP contribution is 2.20. The summed E-state index contributed by atoms with van der Waals surface area (Å²) < 4.78 is 10.4. The number of nitrogens with zero attached hydrogens (tertiary/aromatic N) is 5. The number of aromatic nitrogens is 5. The monoisotopic (exact) mass is 386 g/mol. The van der Waals surface area contributed by atoms with E-state index in [0.29, 0.717) is 15.0 Å². The van der Waals surface area contributed by atoms with E-state index in [1.54, 1.807) is 6.07 Å². The number of hydrogen-bond donors (Lipinski definition) is 1. The van der Waals surface area contributed by atoms with Crippen molar-refractivity contribution in [3.05, 3.63) is 28.4 Å². The Labute approximate surface area is 125 Å². The van der Waals surface area contributed by atoms with Crippen LogP contribution in [0.5, 0.6) is 0 Å². The van der Waals surface area contributed by atoms with E-state index in [1.807, 2.05) is 34.7 Å². The molecule has 2 heterocycles. The van der Waals surface area contributed by atoms with Gasteiger partial charge in [0.1, 0.15) is 23.9 Å². The molecular weight excluding hydrogens is 379 g/mol. The Morgan fingerprint density at radius 3 is 3.11 bits per heavy atom. The van der Waals surface area contributed by atoms with Gasteiger partial charge in [0, 0.05) is 22.6 Å². The predicted octanol–water partition coefficient (Wildman–Crippen LogP) is 1.53. The summed E-state index contributed by atoms with van der Waals surface area (Å²) in [5.41, 5.74) is 2.14. The van der Waals surface area contributed by atoms with Crippen LogP contribution in [0.1, 0.15) is 0 Å². The average molecular weight is 386 g/mol. The van der Waals surface area contributed by atoms with Crippen LogP contribution in [0.25, 0.3) is 11.0 Å². The van der Waals surface area contributed by atoms with Crippen molar-refractivity contribution in [2.45, 2.75) is 6.54 Å². The molecule has 0 atom stereocenters. The van der Waals surface area contributed by atoms with Crippen molar-refractivity contribution in [2.75, 3.05) is 5.32 Å². The molecule has 0 radical (unpaired) electrons. The standard InChI is InChI=1S/C10H7IN6OS/c11-10-12-5-17(14-10)4-8(18)13-6-2-1-3-7-9(6)16-19-15-7/h1-3,5H,4H2,(H,13,18). The zero-order valence-electron chi connectivity index (χ0n) is 9.45. The number of carbonyl (C=O) groups excluding carboxylic acids is 1. The summed E-state index contributed by atoms with van der Waals surface area (Å²) in [6.07, 6.45) is 1.52. The molecule has 1 N–H and O–H groups in total. The van der Waals surface area contributed by atoms with Gasteiger partial charge in [-0.25, -0.2) is 9.67 Å². The van der Waals surface area contributed by atoms with Gasteiger partial charge >= 0.3 is 0 Å². The van der Waals surface area contributed by atoms with E-state index in [4.69, 9.17) is 0 Å². The topological polar surface area (TPSA) is 85.6 Å². The van der Waals surface area contributed by atoms with Crippen LogP contribution in [0.3, 0.4) is 0 Å². The molecule has 0 bridgehead atoms. The number of hydrogen-bond acceptors (Lipinski definition) is 6. The molecule has 0 aliphatic carbocycles. The number of carbonyl (C=O) groups is 1. The second-order valence-electron chi connectivity index (χ2n) is 3.70. The zero-order chi connectivity index (χ0) is 13.2. The number of halogens is 1. The Bertz CT molecular complexity index is 738. The minimum Gasteiger partial charge on any atom is -0.322 e. The van der Waals surface area contributed by atoms with Gasteiger partial charge in [0.2, 0.25) is 9.74 Å². The van der Waals surface area contributed by atoms with Crippen LogP contribution in [0.15, 0.2) is 24.5 Å². The molecule has 0 aliphatic rings. The lowest BCUT2D eigenvalue weighted by Crippen LogP contribution is -2.19. The molecule has 9 heteroatoms. The van der Waals surface area contributed by atoms with E-state index >= 15 is 0 Å². The van der Waals surface area contributed by atoms with Crippen LogP contribution >= 0.6 is 34.3 Å². The van der Waals surface area contributed by atoms with E-state index in [-0.39, 0.29) is 12.5 Å². The highest BCUT2D eigenvalue weighted by atomic mass is 127. The Morgan fingerprint density at radius 2 is 2.32 bits per heavy atom. The van der Waals surface area contributed by atoms with Gasteiger partial charge in [-0.3, -0.25) is 4.79 Å². The lowest BCUT2D eigenvalue weighted by Gasteiger charge is -2.05. The van der Waals surface area contributed by atoms with Crippen molar-refractivity contribution in [2.24, 2.45) is 0 Å². The first kappa shape index (κ1) is 12.4. The first-order valence-corrected chi connectivity index (χ1v) is 7.09. The maximum atomic E-state index is 11.9. The molecule has 0 saturated carbocycles.